The highest BCUT2D eigenvalue weighted by Crippen LogP contribution is 2.30. The van der Waals surface area contributed by atoms with Gasteiger partial charge in [-0.3, -0.25) is 0 Å². The van der Waals surface area contributed by atoms with Gasteiger partial charge in [-0.2, -0.15) is 0 Å². The van der Waals surface area contributed by atoms with Crippen molar-refractivity contribution in [3.63, 3.8) is 0 Å². The van der Waals surface area contributed by atoms with E-state index in [-0.39, 0.29) is 12.1 Å². The molecule has 1 unspecified atom stereocenters. The predicted molar refractivity (Wildman–Crippen MR) is 87.5 cm³/mol. The second-order valence-electron chi connectivity index (χ2n) is 7.46. The molecule has 4 nitrogen and oxygen atoms in total. The molecule has 2 rings (SSSR count). The van der Waals surface area contributed by atoms with E-state index in [9.17, 15) is 9.90 Å². The number of hydrogen-bond donors (Lipinski definition) is 1. The third-order valence-electron chi connectivity index (χ3n) is 5.57. The average molecular weight is 312 g/mol. The van der Waals surface area contributed by atoms with Crippen LogP contribution in [0.5, 0.6) is 0 Å². The monoisotopic (exact) mass is 312 g/mol. The molecule has 0 saturated carbocycles. The van der Waals surface area contributed by atoms with Gasteiger partial charge in [0, 0.05) is 19.3 Å². The summed E-state index contributed by atoms with van der Waals surface area (Å²) in [5.41, 5.74) is -1.26. The number of carbonyl (C=O) groups excluding carboxylic acids is 1. The van der Waals surface area contributed by atoms with Gasteiger partial charge in [-0.05, 0) is 12.8 Å². The summed E-state index contributed by atoms with van der Waals surface area (Å²) in [5.74, 6) is -0.362. The smallest absolute Gasteiger partial charge is 0.338 e. The van der Waals surface area contributed by atoms with Crippen molar-refractivity contribution in [2.24, 2.45) is 0 Å². The van der Waals surface area contributed by atoms with Gasteiger partial charge in [-0.25, -0.2) is 4.79 Å². The number of ether oxygens (including phenoxy) is 1. The fourth-order valence-corrected chi connectivity index (χ4v) is 4.07. The number of aliphatic hydroxyl groups is 1. The van der Waals surface area contributed by atoms with Crippen molar-refractivity contribution in [3.05, 3.63) is 0 Å². The van der Waals surface area contributed by atoms with E-state index in [0.29, 0.717) is 12.8 Å². The normalized spacial score (nSPS) is 24.0. The van der Waals surface area contributed by atoms with Crippen LogP contribution in [0.1, 0.15) is 71.6 Å². The van der Waals surface area contributed by atoms with Crippen LogP contribution in [-0.4, -0.2) is 53.4 Å². The van der Waals surface area contributed by atoms with E-state index < -0.39 is 5.60 Å². The van der Waals surface area contributed by atoms with Crippen LogP contribution >= 0.6 is 0 Å². The third kappa shape index (κ3) is 4.23. The van der Waals surface area contributed by atoms with Crippen LogP contribution in [0.25, 0.3) is 0 Å². The Labute approximate surface area is 135 Å². The topological polar surface area (TPSA) is 46.5 Å². The lowest BCUT2D eigenvalue weighted by Crippen LogP contribution is -2.46. The first-order chi connectivity index (χ1) is 10.5. The summed E-state index contributed by atoms with van der Waals surface area (Å²) < 4.78 is 6.89. The number of rotatable bonds is 8. The van der Waals surface area contributed by atoms with Crippen LogP contribution in [0.2, 0.25) is 0 Å². The molecule has 2 heterocycles. The number of unbranched alkanes of at least 4 members (excludes halogenated alkanes) is 2. The van der Waals surface area contributed by atoms with Gasteiger partial charge in [-0.15, -0.1) is 0 Å². The summed E-state index contributed by atoms with van der Waals surface area (Å²) in [4.78, 5) is 12.6. The van der Waals surface area contributed by atoms with Crippen LogP contribution in [0.15, 0.2) is 0 Å². The van der Waals surface area contributed by atoms with Gasteiger partial charge in [0.1, 0.15) is 6.54 Å². The molecule has 1 spiro atoms. The predicted octanol–water partition coefficient (Wildman–Crippen LogP) is 3.02. The average Bonchev–Trinajstić information content (AvgIpc) is 3.13. The van der Waals surface area contributed by atoms with E-state index in [1.54, 1.807) is 0 Å². The van der Waals surface area contributed by atoms with Gasteiger partial charge < -0.3 is 14.3 Å². The van der Waals surface area contributed by atoms with Gasteiger partial charge in [-0.1, -0.05) is 39.5 Å². The van der Waals surface area contributed by atoms with Crippen molar-refractivity contribution >= 4 is 5.97 Å². The number of quaternary nitrogens is 1. The van der Waals surface area contributed by atoms with Crippen molar-refractivity contribution in [1.29, 1.82) is 0 Å². The van der Waals surface area contributed by atoms with Crippen molar-refractivity contribution in [2.45, 2.75) is 83.3 Å². The molecule has 2 saturated heterocycles. The lowest BCUT2D eigenvalue weighted by Gasteiger charge is -2.30. The Kier molecular flexibility index (Phi) is 6.27. The summed E-state index contributed by atoms with van der Waals surface area (Å²) in [7, 11) is 0. The first kappa shape index (κ1) is 17.7. The minimum Gasteiger partial charge on any atom is -0.454 e. The van der Waals surface area contributed by atoms with E-state index in [1.165, 1.54) is 25.9 Å². The summed E-state index contributed by atoms with van der Waals surface area (Å²) >= 11 is 0. The Morgan fingerprint density at radius 1 is 1.14 bits per heavy atom. The Hall–Kier alpha value is -0.610. The van der Waals surface area contributed by atoms with E-state index in [0.717, 1.165) is 49.7 Å². The van der Waals surface area contributed by atoms with Gasteiger partial charge in [0.15, 0.2) is 11.7 Å². The lowest BCUT2D eigenvalue weighted by molar-refractivity contribution is -0.906. The van der Waals surface area contributed by atoms with E-state index in [2.05, 4.69) is 13.8 Å². The summed E-state index contributed by atoms with van der Waals surface area (Å²) in [5, 5.41) is 10.8. The molecule has 2 aliphatic rings. The molecule has 2 aliphatic heterocycles. The number of nitrogens with zero attached hydrogens (tertiary/aromatic N) is 1. The quantitative estimate of drug-likeness (QED) is 0.553. The minimum absolute atomic E-state index is 0.0142. The van der Waals surface area contributed by atoms with Gasteiger partial charge in [0.2, 0.25) is 0 Å². The van der Waals surface area contributed by atoms with Crippen molar-refractivity contribution < 1.29 is 19.1 Å². The zero-order chi connectivity index (χ0) is 16.1. The molecular weight excluding hydrogens is 278 g/mol. The summed E-state index contributed by atoms with van der Waals surface area (Å²) in [6, 6.07) is 0. The van der Waals surface area contributed by atoms with Gasteiger partial charge >= 0.3 is 5.97 Å². The van der Waals surface area contributed by atoms with E-state index >= 15 is 0 Å². The van der Waals surface area contributed by atoms with Crippen LogP contribution in [-0.2, 0) is 9.53 Å². The molecule has 0 radical (unpaired) electrons. The minimum atomic E-state index is -1.26. The number of hydrogen-bond acceptors (Lipinski definition) is 3. The van der Waals surface area contributed by atoms with Crippen molar-refractivity contribution in [2.75, 3.05) is 26.2 Å². The van der Waals surface area contributed by atoms with Crippen LogP contribution in [0.4, 0.5) is 0 Å². The molecule has 1 N–H and O–H groups in total. The molecule has 0 aromatic carbocycles. The maximum absolute atomic E-state index is 12.6. The highest BCUT2D eigenvalue weighted by molar-refractivity contribution is 5.79. The fraction of sp³-hybridized carbons (Fsp3) is 0.944. The standard InChI is InChI=1S/C18H34NO3/c1-3-5-10-18(21,11-6-4-2)17(20)22-16-9-14-19(15-16)12-7-8-13-19/h16,21H,3-15H2,1-2H3/q+1. The summed E-state index contributed by atoms with van der Waals surface area (Å²) in [6.07, 6.45) is 8.39. The third-order valence-corrected chi connectivity index (χ3v) is 5.57. The molecule has 0 aromatic rings. The molecule has 128 valence electrons. The zero-order valence-corrected chi connectivity index (χ0v) is 14.5. The van der Waals surface area contributed by atoms with Crippen molar-refractivity contribution in [3.8, 4) is 0 Å². The largest absolute Gasteiger partial charge is 0.454 e. The SMILES string of the molecule is CCCCC(O)(CCCC)C(=O)OC1CC[N+]2(CCCC2)C1. The molecule has 1 atom stereocenters. The lowest BCUT2D eigenvalue weighted by atomic mass is 9.91. The van der Waals surface area contributed by atoms with Crippen LogP contribution in [0.3, 0.4) is 0 Å². The second-order valence-corrected chi connectivity index (χ2v) is 7.46. The molecule has 0 amide bonds. The fourth-order valence-electron chi connectivity index (χ4n) is 4.07. The summed E-state index contributed by atoms with van der Waals surface area (Å²) in [6.45, 7) is 8.76. The Bertz CT molecular complexity index is 355. The Morgan fingerprint density at radius 3 is 2.27 bits per heavy atom. The maximum atomic E-state index is 12.6. The first-order valence-electron chi connectivity index (χ1n) is 9.32. The van der Waals surface area contributed by atoms with Crippen LogP contribution in [0, 0.1) is 0 Å². The van der Waals surface area contributed by atoms with Crippen LogP contribution < -0.4 is 0 Å². The molecular formula is C18H34NO3+. The number of esters is 1. The van der Waals surface area contributed by atoms with E-state index in [1.807, 2.05) is 0 Å². The maximum Gasteiger partial charge on any atom is 0.338 e. The Balaban J connectivity index is 1.90. The molecule has 0 aliphatic carbocycles. The number of carbonyl (C=O) groups is 1. The molecule has 0 bridgehead atoms. The second kappa shape index (κ2) is 7.78. The highest BCUT2D eigenvalue weighted by atomic mass is 16.6. The highest BCUT2D eigenvalue weighted by Gasteiger charge is 2.44. The molecule has 2 fully saturated rings. The van der Waals surface area contributed by atoms with Crippen molar-refractivity contribution in [1.82, 2.24) is 0 Å². The first-order valence-corrected chi connectivity index (χ1v) is 9.32. The van der Waals surface area contributed by atoms with E-state index in [4.69, 9.17) is 4.74 Å². The van der Waals surface area contributed by atoms with Gasteiger partial charge in [0.25, 0.3) is 0 Å². The Morgan fingerprint density at radius 2 is 1.73 bits per heavy atom. The molecule has 4 heteroatoms. The van der Waals surface area contributed by atoms with Gasteiger partial charge in [0.05, 0.1) is 19.6 Å². The zero-order valence-electron chi connectivity index (χ0n) is 14.5. The molecule has 0 aromatic heterocycles. The molecule has 22 heavy (non-hydrogen) atoms.